The van der Waals surface area contributed by atoms with Crippen molar-refractivity contribution in [1.29, 1.82) is 0 Å². The molecule has 3 aliphatic rings. The van der Waals surface area contributed by atoms with Gasteiger partial charge in [-0.25, -0.2) is 0 Å². The van der Waals surface area contributed by atoms with Crippen molar-refractivity contribution in [2.75, 3.05) is 14.7 Å². The molecule has 0 bridgehead atoms. The van der Waals surface area contributed by atoms with Crippen LogP contribution < -0.4 is 41.5 Å². The van der Waals surface area contributed by atoms with E-state index in [1.807, 2.05) is 0 Å². The van der Waals surface area contributed by atoms with Gasteiger partial charge in [-0.15, -0.1) is 0 Å². The molecule has 9 aromatic rings. The molecular weight excluding hydrogens is 850 g/mol. The van der Waals surface area contributed by atoms with E-state index in [1.54, 1.807) is 0 Å². The molecule has 12 rings (SSSR count). The summed E-state index contributed by atoms with van der Waals surface area (Å²) in [5.41, 5.74) is 22.3. The Labute approximate surface area is 410 Å². The molecule has 0 aromatic heterocycles. The smallest absolute Gasteiger partial charge is 0.251 e. The molecule has 0 saturated heterocycles. The summed E-state index contributed by atoms with van der Waals surface area (Å²) in [7, 11) is -2.27. The Hall–Kier alpha value is -7.34. The third-order valence-electron chi connectivity index (χ3n) is 15.1. The average Bonchev–Trinajstić information content (AvgIpc) is 3.36. The summed E-state index contributed by atoms with van der Waals surface area (Å²) < 4.78 is 0. The van der Waals surface area contributed by atoms with Crippen LogP contribution in [0.5, 0.6) is 0 Å². The maximum Gasteiger partial charge on any atom is 0.251 e. The van der Waals surface area contributed by atoms with Crippen LogP contribution in [0.15, 0.2) is 206 Å². The van der Waals surface area contributed by atoms with Crippen LogP contribution in [0.1, 0.15) is 52.7 Å². The van der Waals surface area contributed by atoms with Crippen molar-refractivity contribution in [3.63, 3.8) is 0 Å². The predicted molar refractivity (Wildman–Crippen MR) is 300 cm³/mol. The Morgan fingerprint density at radius 3 is 1.14 bits per heavy atom. The van der Waals surface area contributed by atoms with E-state index in [0.717, 1.165) is 17.1 Å². The first-order chi connectivity index (χ1) is 33.3. The molecule has 69 heavy (non-hydrogen) atoms. The van der Waals surface area contributed by atoms with Crippen LogP contribution in [0, 0.1) is 0 Å². The third kappa shape index (κ3) is 6.84. The number of nitrogens with zero attached hydrogens (tertiary/aromatic N) is 3. The lowest BCUT2D eigenvalue weighted by Gasteiger charge is -2.50. The van der Waals surface area contributed by atoms with E-state index < -0.39 is 8.07 Å². The fraction of sp³-hybridized carbons (Fsp3) is 0.156. The van der Waals surface area contributed by atoms with E-state index in [-0.39, 0.29) is 17.5 Å². The zero-order chi connectivity index (χ0) is 47.4. The van der Waals surface area contributed by atoms with Gasteiger partial charge >= 0.3 is 0 Å². The highest BCUT2D eigenvalue weighted by atomic mass is 28.3. The van der Waals surface area contributed by atoms with Crippen LogP contribution >= 0.6 is 0 Å². The molecule has 3 nitrogen and oxygen atoms in total. The van der Waals surface area contributed by atoms with Crippen molar-refractivity contribution in [2.45, 2.75) is 65.5 Å². The maximum absolute atomic E-state index is 2.66. The number of para-hydroxylation sites is 2. The van der Waals surface area contributed by atoms with Crippen molar-refractivity contribution < 1.29 is 0 Å². The molecule has 3 aliphatic heterocycles. The summed E-state index contributed by atoms with van der Waals surface area (Å²) in [6.07, 6.45) is 0. The molecular formula is C64H58BN3Si. The summed E-state index contributed by atoms with van der Waals surface area (Å²) in [5, 5.41) is 3.05. The van der Waals surface area contributed by atoms with Gasteiger partial charge in [0, 0.05) is 45.3 Å². The van der Waals surface area contributed by atoms with Crippen LogP contribution in [0.2, 0.25) is 13.1 Å². The second kappa shape index (κ2) is 15.9. The molecule has 0 spiro atoms. The first kappa shape index (κ1) is 43.0. The highest BCUT2D eigenvalue weighted by Crippen LogP contribution is 2.52. The first-order valence-electron chi connectivity index (χ1n) is 24.6. The molecule has 0 unspecified atom stereocenters. The summed E-state index contributed by atoms with van der Waals surface area (Å²) in [6, 6.07) is 77.9. The maximum atomic E-state index is 2.66. The number of benzene rings is 9. The van der Waals surface area contributed by atoms with Gasteiger partial charge in [0.25, 0.3) is 6.71 Å². The lowest BCUT2D eigenvalue weighted by molar-refractivity contribution is 0.590. The van der Waals surface area contributed by atoms with Crippen LogP contribution in [0.25, 0.3) is 22.3 Å². The highest BCUT2D eigenvalue weighted by molar-refractivity contribution is 7.16. The summed E-state index contributed by atoms with van der Waals surface area (Å²) in [5.74, 6) is 0. The zero-order valence-electron chi connectivity index (χ0n) is 41.0. The fourth-order valence-corrected chi connectivity index (χ4v) is 14.9. The van der Waals surface area contributed by atoms with E-state index in [9.17, 15) is 0 Å². The van der Waals surface area contributed by atoms with Gasteiger partial charge in [0.1, 0.15) is 8.07 Å². The Kier molecular flexibility index (Phi) is 9.88. The summed E-state index contributed by atoms with van der Waals surface area (Å²) >= 11 is 0. The molecule has 3 heterocycles. The monoisotopic (exact) mass is 907 g/mol. The number of rotatable bonds is 7. The van der Waals surface area contributed by atoms with Crippen molar-refractivity contribution >= 4 is 92.7 Å². The molecule has 0 radical (unpaired) electrons. The fourth-order valence-electron chi connectivity index (χ4n) is 11.6. The molecule has 0 fully saturated rings. The van der Waals surface area contributed by atoms with E-state index in [4.69, 9.17) is 0 Å². The minimum absolute atomic E-state index is 0.0405. The highest BCUT2D eigenvalue weighted by Gasteiger charge is 2.52. The lowest BCUT2D eigenvalue weighted by Crippen LogP contribution is -2.79. The van der Waals surface area contributed by atoms with E-state index >= 15 is 0 Å². The van der Waals surface area contributed by atoms with Crippen LogP contribution in [-0.2, 0) is 10.8 Å². The Morgan fingerprint density at radius 1 is 0.362 bits per heavy atom. The molecule has 0 atom stereocenters. The molecule has 9 aromatic carbocycles. The lowest BCUT2D eigenvalue weighted by atomic mass is 9.33. The Bertz CT molecular complexity index is 3220. The molecule has 336 valence electrons. The van der Waals surface area contributed by atoms with Gasteiger partial charge < -0.3 is 14.7 Å². The largest absolute Gasteiger partial charge is 0.311 e. The van der Waals surface area contributed by atoms with Crippen molar-refractivity contribution in [1.82, 2.24) is 0 Å². The quantitative estimate of drug-likeness (QED) is 0.148. The predicted octanol–water partition coefficient (Wildman–Crippen LogP) is 14.3. The van der Waals surface area contributed by atoms with Gasteiger partial charge in [0.05, 0.1) is 17.1 Å². The minimum atomic E-state index is -2.27. The standard InChI is InChI=1S/C64H58BN3Si/c1-63(2,3)45-35-37-52(50(39-45)43-23-13-9-14-24-43)67-54-31-21-33-58-61(54)65-60-56(67)41-49(66(47-27-17-11-18-28-47)48-29-19-12-20-30-48)42-57(60)68(55-32-22-34-59(62(55)65)69(58,7)8)53-38-36-46(64(4,5)6)40-51(53)44-25-15-10-16-26-44/h9-42H,1-8H3. The molecule has 5 heteroatoms. The van der Waals surface area contributed by atoms with Crippen molar-refractivity contribution in [3.05, 3.63) is 217 Å². The number of hydrogen-bond donors (Lipinski definition) is 0. The topological polar surface area (TPSA) is 9.72 Å². The third-order valence-corrected chi connectivity index (χ3v) is 18.7. The van der Waals surface area contributed by atoms with Crippen LogP contribution in [0.4, 0.5) is 51.2 Å². The van der Waals surface area contributed by atoms with Crippen LogP contribution in [0.3, 0.4) is 0 Å². The van der Waals surface area contributed by atoms with E-state index in [2.05, 4.69) is 276 Å². The van der Waals surface area contributed by atoms with Gasteiger partial charge in [-0.2, -0.15) is 0 Å². The van der Waals surface area contributed by atoms with Gasteiger partial charge in [-0.3, -0.25) is 0 Å². The number of hydrogen-bond acceptors (Lipinski definition) is 3. The summed E-state index contributed by atoms with van der Waals surface area (Å²) in [6.45, 7) is 19.1. The second-order valence-corrected chi connectivity index (χ2v) is 26.1. The number of anilines is 9. The Balaban J connectivity index is 1.25. The SMILES string of the molecule is CC(C)(C)c1ccc(N2c3cc(N(c4ccccc4)c4ccccc4)cc4c3B3c5c2cccc5[Si](C)(C)c2cccc(c23)N4c2ccc(C(C)(C)C)cc2-c2ccccc2)c(-c2ccccc2)c1. The van der Waals surface area contributed by atoms with Gasteiger partial charge in [-0.05, 0) is 122 Å². The van der Waals surface area contributed by atoms with Crippen molar-refractivity contribution in [3.8, 4) is 22.3 Å². The van der Waals surface area contributed by atoms with E-state index in [0.29, 0.717) is 0 Å². The second-order valence-electron chi connectivity index (χ2n) is 21.8. The average molecular weight is 908 g/mol. The Morgan fingerprint density at radius 2 is 0.754 bits per heavy atom. The first-order valence-corrected chi connectivity index (χ1v) is 27.6. The molecule has 0 aliphatic carbocycles. The zero-order valence-corrected chi connectivity index (χ0v) is 42.0. The molecule has 0 N–H and O–H groups in total. The van der Waals surface area contributed by atoms with Crippen molar-refractivity contribution in [2.24, 2.45) is 0 Å². The van der Waals surface area contributed by atoms with Crippen LogP contribution in [-0.4, -0.2) is 14.8 Å². The van der Waals surface area contributed by atoms with Gasteiger partial charge in [-0.1, -0.05) is 198 Å². The van der Waals surface area contributed by atoms with Gasteiger partial charge in [0.2, 0.25) is 0 Å². The normalized spacial score (nSPS) is 14.1. The molecule has 0 amide bonds. The summed E-state index contributed by atoms with van der Waals surface area (Å²) in [4.78, 5) is 7.76. The molecule has 0 saturated carbocycles. The van der Waals surface area contributed by atoms with Gasteiger partial charge in [0.15, 0.2) is 0 Å². The minimum Gasteiger partial charge on any atom is -0.311 e. The van der Waals surface area contributed by atoms with E-state index in [1.165, 1.54) is 94.3 Å².